The minimum Gasteiger partial charge on any atom is -0.323 e. The van der Waals surface area contributed by atoms with Crippen molar-refractivity contribution < 1.29 is 4.79 Å². The Kier molecular flexibility index (Phi) is 5.38. The van der Waals surface area contributed by atoms with E-state index in [1.807, 2.05) is 60.9 Å². The summed E-state index contributed by atoms with van der Waals surface area (Å²) in [5.74, 6) is -0.0738. The van der Waals surface area contributed by atoms with E-state index in [-0.39, 0.29) is 5.91 Å². The van der Waals surface area contributed by atoms with Crippen LogP contribution in [0.3, 0.4) is 0 Å². The number of benzene rings is 2. The van der Waals surface area contributed by atoms with Gasteiger partial charge in [-0.15, -0.1) is 16.9 Å². The largest absolute Gasteiger partial charge is 0.323 e. The van der Waals surface area contributed by atoms with Gasteiger partial charge in [-0.1, -0.05) is 48.9 Å². The van der Waals surface area contributed by atoms with Crippen molar-refractivity contribution in [2.75, 3.05) is 11.6 Å². The molecule has 0 fully saturated rings. The minimum atomic E-state index is -0.831. The van der Waals surface area contributed by atoms with Crippen LogP contribution in [0.25, 0.3) is 11.0 Å². The quantitative estimate of drug-likeness (QED) is 0.688. The van der Waals surface area contributed by atoms with E-state index in [0.717, 1.165) is 29.6 Å². The van der Waals surface area contributed by atoms with Crippen LogP contribution in [0.15, 0.2) is 54.6 Å². The monoisotopic (exact) mass is 354 g/mol. The third-order valence-electron chi connectivity index (χ3n) is 4.29. The van der Waals surface area contributed by atoms with Gasteiger partial charge < -0.3 is 5.32 Å². The van der Waals surface area contributed by atoms with Crippen molar-refractivity contribution in [1.82, 2.24) is 15.0 Å². The van der Waals surface area contributed by atoms with Crippen LogP contribution in [0.4, 0.5) is 5.69 Å². The molecule has 0 aliphatic rings. The molecule has 1 amide bonds. The van der Waals surface area contributed by atoms with Gasteiger partial charge in [-0.25, -0.2) is 4.68 Å². The molecule has 1 N–H and O–H groups in total. The van der Waals surface area contributed by atoms with E-state index in [0.29, 0.717) is 6.42 Å². The van der Waals surface area contributed by atoms with Crippen LogP contribution in [0.5, 0.6) is 0 Å². The Labute approximate surface area is 151 Å². The van der Waals surface area contributed by atoms with Crippen LogP contribution < -0.4 is 5.32 Å². The molecule has 1 aromatic heterocycles. The lowest BCUT2D eigenvalue weighted by Gasteiger charge is -2.31. The predicted molar refractivity (Wildman–Crippen MR) is 104 cm³/mol. The zero-order chi connectivity index (χ0) is 17.7. The summed E-state index contributed by atoms with van der Waals surface area (Å²) in [4.78, 5) is 12.5. The molecule has 1 atom stereocenters. The highest BCUT2D eigenvalue weighted by molar-refractivity contribution is 8.00. The number of hydrogen-bond donors (Lipinski definition) is 1. The van der Waals surface area contributed by atoms with Crippen molar-refractivity contribution in [1.29, 1.82) is 0 Å². The smallest absolute Gasteiger partial charge is 0.262 e. The van der Waals surface area contributed by atoms with Crippen molar-refractivity contribution in [3.63, 3.8) is 0 Å². The van der Waals surface area contributed by atoms with Crippen LogP contribution in [0.2, 0.25) is 0 Å². The number of rotatable bonds is 7. The fourth-order valence-corrected chi connectivity index (χ4v) is 3.79. The van der Waals surface area contributed by atoms with E-state index >= 15 is 0 Å². The SMILES string of the molecule is CCCCC(SC)(C(=O)Nc1ccccc1)n1nnc2ccccc21. The summed E-state index contributed by atoms with van der Waals surface area (Å²) in [6, 6.07) is 17.3. The highest BCUT2D eigenvalue weighted by Gasteiger charge is 2.41. The molecule has 1 heterocycles. The number of amides is 1. The number of carbonyl (C=O) groups is 1. The highest BCUT2D eigenvalue weighted by Crippen LogP contribution is 2.37. The molecule has 0 aliphatic carbocycles. The highest BCUT2D eigenvalue weighted by atomic mass is 32.2. The molecule has 3 rings (SSSR count). The first kappa shape index (κ1) is 17.5. The molecule has 3 aromatic rings. The molecule has 1 unspecified atom stereocenters. The Morgan fingerprint density at radius 2 is 1.88 bits per heavy atom. The van der Waals surface area contributed by atoms with Gasteiger partial charge in [0, 0.05) is 5.69 Å². The fraction of sp³-hybridized carbons (Fsp3) is 0.316. The number of thioether (sulfide) groups is 1. The second-order valence-electron chi connectivity index (χ2n) is 5.90. The number of nitrogens with one attached hydrogen (secondary N) is 1. The molecule has 0 saturated heterocycles. The summed E-state index contributed by atoms with van der Waals surface area (Å²) in [5, 5.41) is 11.6. The number of nitrogens with zero attached hydrogens (tertiary/aromatic N) is 3. The van der Waals surface area contributed by atoms with Crippen LogP contribution >= 0.6 is 11.8 Å². The van der Waals surface area contributed by atoms with Gasteiger partial charge in [-0.2, -0.15) is 0 Å². The predicted octanol–water partition coefficient (Wildman–Crippen LogP) is 4.28. The minimum absolute atomic E-state index is 0.0738. The molecule has 0 spiro atoms. The Morgan fingerprint density at radius 3 is 2.60 bits per heavy atom. The van der Waals surface area contributed by atoms with Crippen molar-refractivity contribution in [2.24, 2.45) is 0 Å². The molecule has 0 radical (unpaired) electrons. The number of hydrogen-bond acceptors (Lipinski definition) is 4. The van der Waals surface area contributed by atoms with E-state index in [1.54, 1.807) is 4.68 Å². The van der Waals surface area contributed by atoms with Crippen molar-refractivity contribution >= 4 is 34.4 Å². The third-order valence-corrected chi connectivity index (χ3v) is 5.53. The van der Waals surface area contributed by atoms with Crippen LogP contribution in [-0.2, 0) is 9.67 Å². The lowest BCUT2D eigenvalue weighted by molar-refractivity contribution is -0.121. The van der Waals surface area contributed by atoms with Crippen LogP contribution in [-0.4, -0.2) is 27.2 Å². The van der Waals surface area contributed by atoms with Crippen molar-refractivity contribution in [3.8, 4) is 0 Å². The maximum atomic E-state index is 13.3. The van der Waals surface area contributed by atoms with E-state index in [1.165, 1.54) is 11.8 Å². The standard InChI is InChI=1S/C19H22N4OS/c1-3-4-14-19(25-2,18(24)20-15-10-6-5-7-11-15)23-17-13-9-8-12-16(17)21-22-23/h5-13H,3-4,14H2,1-2H3,(H,20,24). The molecule has 130 valence electrons. The van der Waals surface area contributed by atoms with Gasteiger partial charge in [-0.3, -0.25) is 4.79 Å². The van der Waals surface area contributed by atoms with E-state index in [2.05, 4.69) is 22.6 Å². The normalized spacial score (nSPS) is 13.5. The average molecular weight is 354 g/mol. The third kappa shape index (κ3) is 3.39. The fourth-order valence-electron chi connectivity index (χ4n) is 2.90. The topological polar surface area (TPSA) is 59.8 Å². The summed E-state index contributed by atoms with van der Waals surface area (Å²) in [7, 11) is 0. The summed E-state index contributed by atoms with van der Waals surface area (Å²) in [6.45, 7) is 2.12. The molecular weight excluding hydrogens is 332 g/mol. The maximum absolute atomic E-state index is 13.3. The second-order valence-corrected chi connectivity index (χ2v) is 6.99. The Balaban J connectivity index is 2.04. The Hall–Kier alpha value is -2.34. The molecule has 0 bridgehead atoms. The Morgan fingerprint density at radius 1 is 1.16 bits per heavy atom. The number of anilines is 1. The number of unbranched alkanes of at least 4 members (excludes halogenated alkanes) is 1. The van der Waals surface area contributed by atoms with E-state index < -0.39 is 4.87 Å². The summed E-state index contributed by atoms with van der Waals surface area (Å²) >= 11 is 1.51. The maximum Gasteiger partial charge on any atom is 0.262 e. The number of carbonyl (C=O) groups excluding carboxylic acids is 1. The Bertz CT molecular complexity index is 849. The summed E-state index contributed by atoms with van der Waals surface area (Å²) in [6.07, 6.45) is 4.58. The number of aromatic nitrogens is 3. The molecule has 0 saturated carbocycles. The lowest BCUT2D eigenvalue weighted by Crippen LogP contribution is -2.43. The zero-order valence-corrected chi connectivity index (χ0v) is 15.3. The van der Waals surface area contributed by atoms with Gasteiger partial charge in [0.25, 0.3) is 5.91 Å². The molecule has 2 aromatic carbocycles. The van der Waals surface area contributed by atoms with E-state index in [4.69, 9.17) is 0 Å². The van der Waals surface area contributed by atoms with Gasteiger partial charge in [0.2, 0.25) is 0 Å². The zero-order valence-electron chi connectivity index (χ0n) is 14.5. The molecular formula is C19H22N4OS. The van der Waals surface area contributed by atoms with E-state index in [9.17, 15) is 4.79 Å². The van der Waals surface area contributed by atoms with Gasteiger partial charge >= 0.3 is 0 Å². The van der Waals surface area contributed by atoms with Gasteiger partial charge in [0.1, 0.15) is 5.52 Å². The summed E-state index contributed by atoms with van der Waals surface area (Å²) < 4.78 is 1.78. The van der Waals surface area contributed by atoms with Gasteiger partial charge in [0.05, 0.1) is 5.52 Å². The molecule has 25 heavy (non-hydrogen) atoms. The van der Waals surface area contributed by atoms with Gasteiger partial charge in [-0.05, 0) is 43.4 Å². The molecule has 5 nitrogen and oxygen atoms in total. The molecule has 6 heteroatoms. The first-order valence-corrected chi connectivity index (χ1v) is 9.66. The molecule has 0 aliphatic heterocycles. The lowest BCUT2D eigenvalue weighted by atomic mass is 10.1. The second kappa shape index (κ2) is 7.70. The van der Waals surface area contributed by atoms with Crippen molar-refractivity contribution in [3.05, 3.63) is 54.6 Å². The van der Waals surface area contributed by atoms with Crippen LogP contribution in [0.1, 0.15) is 26.2 Å². The van der Waals surface area contributed by atoms with Crippen molar-refractivity contribution in [2.45, 2.75) is 31.1 Å². The summed E-state index contributed by atoms with van der Waals surface area (Å²) in [5.41, 5.74) is 2.45. The number of fused-ring (bicyclic) bond motifs is 1. The van der Waals surface area contributed by atoms with Gasteiger partial charge in [0.15, 0.2) is 4.87 Å². The van der Waals surface area contributed by atoms with Crippen LogP contribution in [0, 0.1) is 0 Å². The first-order valence-electron chi connectivity index (χ1n) is 8.44. The first-order chi connectivity index (χ1) is 12.2. The average Bonchev–Trinajstić information content (AvgIpc) is 3.08. The number of para-hydroxylation sites is 2.